The minimum Gasteiger partial charge on any atom is -0.373 e. The predicted molar refractivity (Wildman–Crippen MR) is 123 cm³/mol. The van der Waals surface area contributed by atoms with Gasteiger partial charge in [-0.2, -0.15) is 10.4 Å². The quantitative estimate of drug-likeness (QED) is 0.439. The fraction of sp³-hybridized carbons (Fsp3) is 0.292. The highest BCUT2D eigenvalue weighted by atomic mass is 35.5. The number of ether oxygens (including phenoxy) is 1. The van der Waals surface area contributed by atoms with Gasteiger partial charge in [-0.15, -0.1) is 0 Å². The number of aryl methyl sites for hydroxylation is 2. The van der Waals surface area contributed by atoms with Crippen LogP contribution in [-0.4, -0.2) is 30.8 Å². The van der Waals surface area contributed by atoms with Gasteiger partial charge in [-0.05, 0) is 38.0 Å². The molecule has 34 heavy (non-hydrogen) atoms. The highest BCUT2D eigenvalue weighted by Gasteiger charge is 2.29. The van der Waals surface area contributed by atoms with Crippen molar-refractivity contribution in [1.29, 1.82) is 5.26 Å². The van der Waals surface area contributed by atoms with E-state index in [1.54, 1.807) is 24.0 Å². The fourth-order valence-corrected chi connectivity index (χ4v) is 4.44. The molecular formula is C24H20ClFN6O2. The minimum atomic E-state index is -0.618. The first-order valence-electron chi connectivity index (χ1n) is 10.7. The molecule has 8 nitrogen and oxygen atoms in total. The van der Waals surface area contributed by atoms with Crippen molar-refractivity contribution < 1.29 is 9.13 Å². The molecule has 0 radical (unpaired) electrons. The van der Waals surface area contributed by atoms with Crippen molar-refractivity contribution in [2.45, 2.75) is 31.8 Å². The van der Waals surface area contributed by atoms with Crippen LogP contribution in [0.2, 0.25) is 5.02 Å². The zero-order valence-electron chi connectivity index (χ0n) is 18.5. The number of aromatic nitrogens is 5. The van der Waals surface area contributed by atoms with Gasteiger partial charge in [-0.1, -0.05) is 11.6 Å². The summed E-state index contributed by atoms with van der Waals surface area (Å²) in [7, 11) is 1.85. The Hall–Kier alpha value is -3.61. The molecule has 1 saturated heterocycles. The highest BCUT2D eigenvalue weighted by molar-refractivity contribution is 6.31. The molecule has 4 aromatic rings. The normalized spacial score (nSPS) is 18.2. The van der Waals surface area contributed by atoms with E-state index in [-0.39, 0.29) is 39.5 Å². The lowest BCUT2D eigenvalue weighted by atomic mass is 9.90. The minimum absolute atomic E-state index is 0.00103. The Morgan fingerprint density at radius 2 is 2.12 bits per heavy atom. The molecule has 2 atom stereocenters. The molecule has 0 aliphatic carbocycles. The third kappa shape index (κ3) is 3.85. The first-order valence-corrected chi connectivity index (χ1v) is 11.1. The standard InChI is InChI=1S/C24H20ClFN6O2/c1-13-21(25)24(33)32-12-19(15-5-6-34-20(8-15)16-10-28-31(2)11-16)30-22(23(32)29-13)17-4-3-14(9-27)7-18(17)26/h3-4,7,10-12,15,20H,5-6,8H2,1-2H3/t15-,20+/m1/s1. The first kappa shape index (κ1) is 22.2. The maximum atomic E-state index is 15.0. The van der Waals surface area contributed by atoms with Gasteiger partial charge >= 0.3 is 0 Å². The number of hydrogen-bond acceptors (Lipinski definition) is 6. The Balaban J connectivity index is 1.67. The second-order valence-electron chi connectivity index (χ2n) is 8.36. The molecule has 5 rings (SSSR count). The number of nitrogens with zero attached hydrogens (tertiary/aromatic N) is 6. The fourth-order valence-electron chi connectivity index (χ4n) is 4.30. The molecule has 0 unspecified atom stereocenters. The average Bonchev–Trinajstić information content (AvgIpc) is 3.28. The van der Waals surface area contributed by atoms with Gasteiger partial charge in [0.1, 0.15) is 16.5 Å². The summed E-state index contributed by atoms with van der Waals surface area (Å²) in [6, 6.07) is 6.07. The van der Waals surface area contributed by atoms with Gasteiger partial charge in [0.2, 0.25) is 0 Å². The molecule has 0 spiro atoms. The van der Waals surface area contributed by atoms with Gasteiger partial charge in [-0.25, -0.2) is 14.4 Å². The van der Waals surface area contributed by atoms with Crippen LogP contribution in [0.4, 0.5) is 4.39 Å². The van der Waals surface area contributed by atoms with E-state index in [2.05, 4.69) is 10.1 Å². The van der Waals surface area contributed by atoms with Gasteiger partial charge in [-0.3, -0.25) is 13.9 Å². The van der Waals surface area contributed by atoms with E-state index >= 15 is 4.39 Å². The zero-order chi connectivity index (χ0) is 24.0. The van der Waals surface area contributed by atoms with Crippen LogP contribution in [0.1, 0.15) is 47.4 Å². The van der Waals surface area contributed by atoms with Gasteiger partial charge in [0.05, 0.1) is 35.3 Å². The Bertz CT molecular complexity index is 1520. The molecule has 0 saturated carbocycles. The number of halogens is 2. The molecule has 1 fully saturated rings. The number of benzene rings is 1. The van der Waals surface area contributed by atoms with Gasteiger partial charge in [0.15, 0.2) is 5.65 Å². The lowest BCUT2D eigenvalue weighted by molar-refractivity contribution is 0.00455. The van der Waals surface area contributed by atoms with Crippen LogP contribution in [0.25, 0.3) is 16.9 Å². The highest BCUT2D eigenvalue weighted by Crippen LogP contribution is 2.38. The number of rotatable bonds is 3. The summed E-state index contributed by atoms with van der Waals surface area (Å²) < 4.78 is 24.0. The molecular weight excluding hydrogens is 459 g/mol. The van der Waals surface area contributed by atoms with Crippen molar-refractivity contribution in [1.82, 2.24) is 24.1 Å². The van der Waals surface area contributed by atoms with E-state index < -0.39 is 11.4 Å². The molecule has 0 N–H and O–H groups in total. The lowest BCUT2D eigenvalue weighted by Gasteiger charge is -2.29. The summed E-state index contributed by atoms with van der Waals surface area (Å²) in [5.74, 6) is -0.664. The van der Waals surface area contributed by atoms with E-state index in [9.17, 15) is 4.79 Å². The summed E-state index contributed by atoms with van der Waals surface area (Å²) >= 11 is 6.21. The topological polar surface area (TPSA) is 98.1 Å². The van der Waals surface area contributed by atoms with Crippen molar-refractivity contribution in [3.8, 4) is 17.3 Å². The lowest BCUT2D eigenvalue weighted by Crippen LogP contribution is -2.23. The second-order valence-corrected chi connectivity index (χ2v) is 8.74. The summed E-state index contributed by atoms with van der Waals surface area (Å²) in [6.45, 7) is 2.12. The largest absolute Gasteiger partial charge is 0.373 e. The summed E-state index contributed by atoms with van der Waals surface area (Å²) in [5.41, 5.74) is 2.24. The van der Waals surface area contributed by atoms with Crippen molar-refractivity contribution in [2.24, 2.45) is 7.05 Å². The van der Waals surface area contributed by atoms with Crippen LogP contribution in [0, 0.1) is 24.1 Å². The van der Waals surface area contributed by atoms with Crippen LogP contribution in [-0.2, 0) is 11.8 Å². The third-order valence-corrected chi connectivity index (χ3v) is 6.53. The maximum Gasteiger partial charge on any atom is 0.277 e. The van der Waals surface area contributed by atoms with Crippen LogP contribution >= 0.6 is 11.6 Å². The van der Waals surface area contributed by atoms with Crippen LogP contribution in [0.3, 0.4) is 0 Å². The van der Waals surface area contributed by atoms with E-state index in [0.717, 1.165) is 11.6 Å². The van der Waals surface area contributed by atoms with Crippen molar-refractivity contribution >= 4 is 17.2 Å². The SMILES string of the molecule is Cc1nc2c(-c3ccc(C#N)cc3F)nc([C@@H]3CCO[C@H](c4cnn(C)c4)C3)cn2c(=O)c1Cl. The first-order chi connectivity index (χ1) is 16.4. The Morgan fingerprint density at radius 1 is 1.29 bits per heavy atom. The summed E-state index contributed by atoms with van der Waals surface area (Å²) in [5, 5.41) is 13.3. The van der Waals surface area contributed by atoms with E-state index in [1.807, 2.05) is 19.3 Å². The molecule has 4 heterocycles. The number of fused-ring (bicyclic) bond motifs is 1. The van der Waals surface area contributed by atoms with Gasteiger partial charge in [0.25, 0.3) is 5.56 Å². The molecule has 1 aliphatic heterocycles. The van der Waals surface area contributed by atoms with Crippen molar-refractivity contribution in [3.63, 3.8) is 0 Å². The number of hydrogen-bond donors (Lipinski definition) is 0. The van der Waals surface area contributed by atoms with E-state index in [1.165, 1.54) is 16.5 Å². The van der Waals surface area contributed by atoms with Gasteiger partial charge in [0, 0.05) is 43.1 Å². The smallest absolute Gasteiger partial charge is 0.277 e. The molecule has 3 aromatic heterocycles. The maximum absolute atomic E-state index is 15.0. The van der Waals surface area contributed by atoms with Gasteiger partial charge < -0.3 is 4.74 Å². The monoisotopic (exact) mass is 478 g/mol. The molecule has 172 valence electrons. The van der Waals surface area contributed by atoms with E-state index in [0.29, 0.717) is 30.8 Å². The second kappa shape index (κ2) is 8.63. The van der Waals surface area contributed by atoms with Crippen molar-refractivity contribution in [2.75, 3.05) is 6.61 Å². The zero-order valence-corrected chi connectivity index (χ0v) is 19.3. The molecule has 1 aliphatic rings. The van der Waals surface area contributed by atoms with E-state index in [4.69, 9.17) is 26.6 Å². The number of nitriles is 1. The average molecular weight is 479 g/mol. The third-order valence-electron chi connectivity index (χ3n) is 6.09. The summed E-state index contributed by atoms with van der Waals surface area (Å²) in [4.78, 5) is 22.3. The van der Waals surface area contributed by atoms with Crippen LogP contribution in [0.15, 0.2) is 41.6 Å². The Morgan fingerprint density at radius 3 is 2.82 bits per heavy atom. The molecule has 0 amide bonds. The molecule has 1 aromatic carbocycles. The summed E-state index contributed by atoms with van der Waals surface area (Å²) in [6.07, 6.45) is 6.46. The molecule has 10 heteroatoms. The van der Waals surface area contributed by atoms with Crippen LogP contribution in [0.5, 0.6) is 0 Å². The van der Waals surface area contributed by atoms with Crippen LogP contribution < -0.4 is 5.56 Å². The Kier molecular flexibility index (Phi) is 5.63. The predicted octanol–water partition coefficient (Wildman–Crippen LogP) is 4.10. The molecule has 0 bridgehead atoms. The Labute approximate surface area is 199 Å². The van der Waals surface area contributed by atoms with Crippen molar-refractivity contribution in [3.05, 3.63) is 80.5 Å².